The number of esters is 1. The maximum Gasteiger partial charge on any atom is 0.343 e. The van der Waals surface area contributed by atoms with Crippen molar-refractivity contribution in [1.82, 2.24) is 5.43 Å². The van der Waals surface area contributed by atoms with Crippen LogP contribution in [0.15, 0.2) is 96.1 Å². The Bertz CT molecular complexity index is 1270. The van der Waals surface area contributed by atoms with Crippen LogP contribution in [-0.4, -0.2) is 18.1 Å². The first-order valence-corrected chi connectivity index (χ1v) is 9.81. The molecule has 0 radical (unpaired) electrons. The molecular formula is C26H20N2O3. The van der Waals surface area contributed by atoms with Crippen LogP contribution in [0.4, 0.5) is 0 Å². The quantitative estimate of drug-likeness (QED) is 0.215. The second-order valence-electron chi connectivity index (χ2n) is 7.02. The molecule has 0 saturated heterocycles. The summed E-state index contributed by atoms with van der Waals surface area (Å²) < 4.78 is 5.53. The van der Waals surface area contributed by atoms with Crippen molar-refractivity contribution in [3.05, 3.63) is 113 Å². The number of hydrogen-bond acceptors (Lipinski definition) is 4. The number of aryl methyl sites for hydroxylation is 1. The van der Waals surface area contributed by atoms with E-state index >= 15 is 0 Å². The molecule has 0 aliphatic carbocycles. The van der Waals surface area contributed by atoms with Gasteiger partial charge >= 0.3 is 5.97 Å². The van der Waals surface area contributed by atoms with E-state index in [0.29, 0.717) is 22.4 Å². The average molecular weight is 408 g/mol. The molecule has 0 aliphatic heterocycles. The summed E-state index contributed by atoms with van der Waals surface area (Å²) in [4.78, 5) is 25.0. The lowest BCUT2D eigenvalue weighted by molar-refractivity contribution is 0.0734. The standard InChI is InChI=1S/C26H20N2O3/c1-18-13-15-20(16-14-18)26(30)31-24-12-5-3-8-21(24)17-27-28-25(29)23-11-6-9-19-7-2-4-10-22(19)23/h2-17H,1H3,(H,28,29)/b27-17-. The molecule has 0 heterocycles. The largest absolute Gasteiger partial charge is 0.422 e. The minimum Gasteiger partial charge on any atom is -0.422 e. The van der Waals surface area contributed by atoms with E-state index in [-0.39, 0.29) is 5.91 Å². The molecule has 0 spiro atoms. The number of hydrogen-bond donors (Lipinski definition) is 1. The van der Waals surface area contributed by atoms with E-state index in [2.05, 4.69) is 10.5 Å². The molecule has 1 amide bonds. The zero-order chi connectivity index (χ0) is 21.6. The number of nitrogens with one attached hydrogen (secondary N) is 1. The fourth-order valence-electron chi connectivity index (χ4n) is 3.17. The van der Waals surface area contributed by atoms with E-state index in [4.69, 9.17) is 4.74 Å². The SMILES string of the molecule is Cc1ccc(C(=O)Oc2ccccc2/C=N\NC(=O)c2cccc3ccccc23)cc1. The molecule has 0 fully saturated rings. The third kappa shape index (κ3) is 4.67. The molecule has 5 heteroatoms. The van der Waals surface area contributed by atoms with Gasteiger partial charge in [-0.1, -0.05) is 66.2 Å². The van der Waals surface area contributed by atoms with Crippen LogP contribution in [0.3, 0.4) is 0 Å². The van der Waals surface area contributed by atoms with E-state index in [1.165, 1.54) is 6.21 Å². The fourth-order valence-corrected chi connectivity index (χ4v) is 3.17. The monoisotopic (exact) mass is 408 g/mol. The van der Waals surface area contributed by atoms with Crippen LogP contribution in [0.2, 0.25) is 0 Å². The third-order valence-corrected chi connectivity index (χ3v) is 4.81. The van der Waals surface area contributed by atoms with Gasteiger partial charge in [-0.2, -0.15) is 5.10 Å². The van der Waals surface area contributed by atoms with Crippen molar-refractivity contribution in [2.75, 3.05) is 0 Å². The third-order valence-electron chi connectivity index (χ3n) is 4.81. The highest BCUT2D eigenvalue weighted by atomic mass is 16.5. The van der Waals surface area contributed by atoms with Crippen molar-refractivity contribution >= 4 is 28.9 Å². The normalized spacial score (nSPS) is 10.9. The van der Waals surface area contributed by atoms with Gasteiger partial charge in [0.05, 0.1) is 11.8 Å². The van der Waals surface area contributed by atoms with Crippen LogP contribution in [0.25, 0.3) is 10.8 Å². The first kappa shape index (κ1) is 20.0. The molecule has 0 unspecified atom stereocenters. The van der Waals surface area contributed by atoms with Gasteiger partial charge in [-0.05, 0) is 48.0 Å². The molecule has 4 aromatic carbocycles. The lowest BCUT2D eigenvalue weighted by Gasteiger charge is -2.08. The minimum atomic E-state index is -0.458. The van der Waals surface area contributed by atoms with Gasteiger partial charge in [0.2, 0.25) is 0 Å². The van der Waals surface area contributed by atoms with E-state index in [1.807, 2.05) is 55.5 Å². The number of ether oxygens (including phenoxy) is 1. The Morgan fingerprint density at radius 1 is 0.839 bits per heavy atom. The number of amides is 1. The molecular weight excluding hydrogens is 388 g/mol. The molecule has 0 aliphatic rings. The van der Waals surface area contributed by atoms with Crippen molar-refractivity contribution in [2.45, 2.75) is 6.92 Å². The van der Waals surface area contributed by atoms with Crippen LogP contribution in [0.1, 0.15) is 31.8 Å². The van der Waals surface area contributed by atoms with Gasteiger partial charge in [-0.25, -0.2) is 10.2 Å². The number of para-hydroxylation sites is 1. The Balaban J connectivity index is 1.49. The number of rotatable bonds is 5. The first-order chi connectivity index (χ1) is 15.1. The topological polar surface area (TPSA) is 67.8 Å². The Kier molecular flexibility index (Phi) is 5.85. The van der Waals surface area contributed by atoms with Crippen LogP contribution in [0, 0.1) is 6.92 Å². The molecule has 0 aromatic heterocycles. The summed E-state index contributed by atoms with van der Waals surface area (Å²) in [6.45, 7) is 1.95. The van der Waals surface area contributed by atoms with E-state index in [0.717, 1.165) is 16.3 Å². The Morgan fingerprint density at radius 3 is 2.39 bits per heavy atom. The van der Waals surface area contributed by atoms with Gasteiger partial charge in [0.25, 0.3) is 5.91 Å². The van der Waals surface area contributed by atoms with Crippen molar-refractivity contribution in [1.29, 1.82) is 0 Å². The maximum atomic E-state index is 12.6. The number of hydrazone groups is 1. The average Bonchev–Trinajstić information content (AvgIpc) is 2.80. The lowest BCUT2D eigenvalue weighted by atomic mass is 10.0. The summed E-state index contributed by atoms with van der Waals surface area (Å²) in [5.41, 5.74) is 5.18. The fraction of sp³-hybridized carbons (Fsp3) is 0.0385. The smallest absolute Gasteiger partial charge is 0.343 e. The molecule has 152 valence electrons. The lowest BCUT2D eigenvalue weighted by Crippen LogP contribution is -2.18. The second kappa shape index (κ2) is 9.05. The van der Waals surface area contributed by atoms with Gasteiger partial charge in [0, 0.05) is 11.1 Å². The van der Waals surface area contributed by atoms with E-state index < -0.39 is 5.97 Å². The van der Waals surface area contributed by atoms with E-state index in [9.17, 15) is 9.59 Å². The highest BCUT2D eigenvalue weighted by Crippen LogP contribution is 2.19. The number of carbonyl (C=O) groups is 2. The molecule has 0 atom stereocenters. The Hall–Kier alpha value is -4.25. The molecule has 31 heavy (non-hydrogen) atoms. The highest BCUT2D eigenvalue weighted by Gasteiger charge is 2.11. The predicted molar refractivity (Wildman–Crippen MR) is 122 cm³/mol. The van der Waals surface area contributed by atoms with E-state index in [1.54, 1.807) is 42.5 Å². The summed E-state index contributed by atoms with van der Waals surface area (Å²) in [6, 6.07) is 27.4. The first-order valence-electron chi connectivity index (χ1n) is 9.81. The van der Waals surface area contributed by atoms with Gasteiger partial charge < -0.3 is 4.74 Å². The van der Waals surface area contributed by atoms with Crippen LogP contribution < -0.4 is 10.2 Å². The molecule has 0 saturated carbocycles. The molecule has 5 nitrogen and oxygen atoms in total. The molecule has 1 N–H and O–H groups in total. The van der Waals surface area contributed by atoms with Gasteiger partial charge in [-0.3, -0.25) is 4.79 Å². The number of carbonyl (C=O) groups excluding carboxylic acids is 2. The summed E-state index contributed by atoms with van der Waals surface area (Å²) in [5, 5.41) is 5.89. The zero-order valence-corrected chi connectivity index (χ0v) is 16.9. The van der Waals surface area contributed by atoms with Crippen molar-refractivity contribution in [3.8, 4) is 5.75 Å². The number of benzene rings is 4. The van der Waals surface area contributed by atoms with Crippen molar-refractivity contribution < 1.29 is 14.3 Å². The number of nitrogens with zero attached hydrogens (tertiary/aromatic N) is 1. The van der Waals surface area contributed by atoms with Gasteiger partial charge in [0.1, 0.15) is 5.75 Å². The van der Waals surface area contributed by atoms with Crippen molar-refractivity contribution in [3.63, 3.8) is 0 Å². The van der Waals surface area contributed by atoms with Crippen molar-refractivity contribution in [2.24, 2.45) is 5.10 Å². The Morgan fingerprint density at radius 2 is 1.55 bits per heavy atom. The molecule has 4 rings (SSSR count). The highest BCUT2D eigenvalue weighted by molar-refractivity contribution is 6.07. The number of fused-ring (bicyclic) bond motifs is 1. The summed E-state index contributed by atoms with van der Waals surface area (Å²) in [7, 11) is 0. The zero-order valence-electron chi connectivity index (χ0n) is 16.9. The van der Waals surface area contributed by atoms with Crippen LogP contribution in [-0.2, 0) is 0 Å². The maximum absolute atomic E-state index is 12.6. The predicted octanol–water partition coefficient (Wildman–Crippen LogP) is 5.13. The minimum absolute atomic E-state index is 0.317. The Labute approximate surface area is 180 Å². The summed E-state index contributed by atoms with van der Waals surface area (Å²) >= 11 is 0. The second-order valence-corrected chi connectivity index (χ2v) is 7.02. The van der Waals surface area contributed by atoms with Gasteiger partial charge in [0.15, 0.2) is 0 Å². The van der Waals surface area contributed by atoms with Crippen LogP contribution in [0.5, 0.6) is 5.75 Å². The van der Waals surface area contributed by atoms with Gasteiger partial charge in [-0.15, -0.1) is 0 Å². The van der Waals surface area contributed by atoms with Crippen LogP contribution >= 0.6 is 0 Å². The summed E-state index contributed by atoms with van der Waals surface area (Å²) in [5.74, 6) is -0.418. The summed E-state index contributed by atoms with van der Waals surface area (Å²) in [6.07, 6.45) is 1.46. The molecule has 4 aromatic rings. The molecule has 0 bridgehead atoms.